The molecule has 0 aromatic heterocycles. The summed E-state index contributed by atoms with van der Waals surface area (Å²) in [5.41, 5.74) is -0.883. The van der Waals surface area contributed by atoms with Gasteiger partial charge < -0.3 is 9.47 Å². The Morgan fingerprint density at radius 1 is 1.20 bits per heavy atom. The first kappa shape index (κ1) is 12.5. The number of carbonyl (C=O) groups excluding carboxylic acids is 1. The van der Waals surface area contributed by atoms with Crippen molar-refractivity contribution in [2.24, 2.45) is 0 Å². The largest absolute Gasteiger partial charge is 0.467 e. The maximum absolute atomic E-state index is 11.7. The summed E-state index contributed by atoms with van der Waals surface area (Å²) in [6.45, 7) is 6.23. The summed E-state index contributed by atoms with van der Waals surface area (Å²) in [5.74, 6) is -0.202. The van der Waals surface area contributed by atoms with E-state index in [4.69, 9.17) is 9.47 Å². The molecule has 1 atom stereocenters. The number of hydrogen-bond acceptors (Lipinski definition) is 3. The highest BCUT2D eigenvalue weighted by Gasteiger charge is 2.72. The third-order valence-electron chi connectivity index (χ3n) is 3.38. The van der Waals surface area contributed by atoms with Crippen LogP contribution in [0, 0.1) is 0 Å². The Balaban J connectivity index is 2.82. The van der Waals surface area contributed by atoms with E-state index < -0.39 is 5.60 Å². The number of methoxy groups -OCH3 is 1. The van der Waals surface area contributed by atoms with E-state index in [0.717, 1.165) is 25.7 Å². The number of carbonyl (C=O) groups is 1. The summed E-state index contributed by atoms with van der Waals surface area (Å²) in [5, 5.41) is 0. The first-order valence-electron chi connectivity index (χ1n) is 5.91. The Bertz CT molecular complexity index is 231. The zero-order valence-electron chi connectivity index (χ0n) is 10.3. The van der Waals surface area contributed by atoms with Crippen LogP contribution in [-0.4, -0.2) is 24.3 Å². The van der Waals surface area contributed by atoms with Gasteiger partial charge >= 0.3 is 5.97 Å². The lowest BCUT2D eigenvalue weighted by Crippen LogP contribution is -2.34. The predicted octanol–water partition coefficient (Wildman–Crippen LogP) is 2.68. The quantitative estimate of drug-likeness (QED) is 0.504. The smallest absolute Gasteiger partial charge is 0.341 e. The molecule has 0 saturated carbocycles. The van der Waals surface area contributed by atoms with Gasteiger partial charge in [-0.1, -0.05) is 33.6 Å². The summed E-state index contributed by atoms with van der Waals surface area (Å²) < 4.78 is 10.7. The number of hydrogen-bond donors (Lipinski definition) is 0. The Morgan fingerprint density at radius 2 is 1.73 bits per heavy atom. The van der Waals surface area contributed by atoms with Gasteiger partial charge in [0.25, 0.3) is 0 Å². The van der Waals surface area contributed by atoms with Crippen LogP contribution in [0.2, 0.25) is 0 Å². The highest BCUT2D eigenvalue weighted by atomic mass is 16.7. The topological polar surface area (TPSA) is 38.8 Å². The fraction of sp³-hybridized carbons (Fsp3) is 0.917. The second-order valence-corrected chi connectivity index (χ2v) is 4.27. The van der Waals surface area contributed by atoms with Crippen molar-refractivity contribution in [1.82, 2.24) is 0 Å². The van der Waals surface area contributed by atoms with Gasteiger partial charge in [0.05, 0.1) is 7.11 Å². The maximum Gasteiger partial charge on any atom is 0.341 e. The SMILES string of the molecule is CCCC1(CCC)OC1(CC)C(=O)OC. The Kier molecular flexibility index (Phi) is 3.77. The van der Waals surface area contributed by atoms with Gasteiger partial charge in [0.15, 0.2) is 5.60 Å². The van der Waals surface area contributed by atoms with E-state index in [0.29, 0.717) is 6.42 Å². The normalized spacial score (nSPS) is 27.5. The van der Waals surface area contributed by atoms with Gasteiger partial charge in [0.2, 0.25) is 0 Å². The minimum absolute atomic E-state index is 0.202. The monoisotopic (exact) mass is 214 g/mol. The van der Waals surface area contributed by atoms with Gasteiger partial charge in [-0.15, -0.1) is 0 Å². The molecule has 1 unspecified atom stereocenters. The number of rotatable bonds is 6. The van der Waals surface area contributed by atoms with Gasteiger partial charge in [-0.2, -0.15) is 0 Å². The summed E-state index contributed by atoms with van der Waals surface area (Å²) in [6, 6.07) is 0. The highest BCUT2D eigenvalue weighted by Crippen LogP contribution is 2.56. The zero-order valence-corrected chi connectivity index (χ0v) is 10.3. The standard InChI is InChI=1S/C12H22O3/c1-5-8-11(9-6-2)12(7-3,15-11)10(13)14-4/h5-9H2,1-4H3. The molecular formula is C12H22O3. The number of esters is 1. The van der Waals surface area contributed by atoms with Crippen molar-refractivity contribution in [3.8, 4) is 0 Å². The minimum Gasteiger partial charge on any atom is -0.467 e. The molecule has 0 spiro atoms. The molecule has 0 aromatic rings. The van der Waals surface area contributed by atoms with E-state index in [1.807, 2.05) is 6.92 Å². The molecule has 1 aliphatic rings. The maximum atomic E-state index is 11.7. The lowest BCUT2D eigenvalue weighted by atomic mass is 9.83. The van der Waals surface area contributed by atoms with E-state index in [-0.39, 0.29) is 11.6 Å². The van der Waals surface area contributed by atoms with E-state index in [1.165, 1.54) is 7.11 Å². The molecule has 0 amide bonds. The molecule has 3 heteroatoms. The van der Waals surface area contributed by atoms with Crippen LogP contribution in [0.3, 0.4) is 0 Å². The number of epoxide rings is 1. The fourth-order valence-electron chi connectivity index (χ4n) is 2.68. The summed E-state index contributed by atoms with van der Waals surface area (Å²) >= 11 is 0. The third kappa shape index (κ3) is 1.78. The summed E-state index contributed by atoms with van der Waals surface area (Å²) in [7, 11) is 1.43. The Hall–Kier alpha value is -0.570. The van der Waals surface area contributed by atoms with Crippen molar-refractivity contribution < 1.29 is 14.3 Å². The molecule has 0 aromatic carbocycles. The predicted molar refractivity (Wildman–Crippen MR) is 58.7 cm³/mol. The minimum atomic E-state index is -0.645. The van der Waals surface area contributed by atoms with Crippen LogP contribution in [-0.2, 0) is 14.3 Å². The van der Waals surface area contributed by atoms with Crippen molar-refractivity contribution in [3.05, 3.63) is 0 Å². The van der Waals surface area contributed by atoms with E-state index in [9.17, 15) is 4.79 Å². The van der Waals surface area contributed by atoms with Gasteiger partial charge in [-0.25, -0.2) is 4.79 Å². The van der Waals surface area contributed by atoms with Crippen LogP contribution in [0.5, 0.6) is 0 Å². The Morgan fingerprint density at radius 3 is 2.07 bits per heavy atom. The van der Waals surface area contributed by atoms with Gasteiger partial charge in [-0.3, -0.25) is 0 Å². The zero-order chi connectivity index (χ0) is 11.5. The first-order valence-corrected chi connectivity index (χ1v) is 5.91. The van der Waals surface area contributed by atoms with E-state index in [2.05, 4.69) is 13.8 Å². The molecule has 1 rings (SSSR count). The number of ether oxygens (including phenoxy) is 2. The van der Waals surface area contributed by atoms with E-state index >= 15 is 0 Å². The van der Waals surface area contributed by atoms with Crippen LogP contribution in [0.1, 0.15) is 52.9 Å². The molecule has 15 heavy (non-hydrogen) atoms. The molecule has 1 fully saturated rings. The van der Waals surface area contributed by atoms with Crippen molar-refractivity contribution in [2.75, 3.05) is 7.11 Å². The third-order valence-corrected chi connectivity index (χ3v) is 3.38. The molecule has 88 valence electrons. The van der Waals surface area contributed by atoms with Gasteiger partial charge in [0.1, 0.15) is 5.60 Å². The van der Waals surface area contributed by atoms with Crippen molar-refractivity contribution >= 4 is 5.97 Å². The van der Waals surface area contributed by atoms with Crippen molar-refractivity contribution in [1.29, 1.82) is 0 Å². The summed E-state index contributed by atoms with van der Waals surface area (Å²) in [4.78, 5) is 11.7. The molecule has 1 saturated heterocycles. The average Bonchev–Trinajstić information content (AvgIpc) is 2.87. The molecule has 0 bridgehead atoms. The van der Waals surface area contributed by atoms with Gasteiger partial charge in [-0.05, 0) is 19.3 Å². The highest BCUT2D eigenvalue weighted by molar-refractivity contribution is 5.84. The first-order chi connectivity index (χ1) is 7.12. The molecular weight excluding hydrogens is 192 g/mol. The molecule has 1 aliphatic heterocycles. The van der Waals surface area contributed by atoms with Crippen LogP contribution < -0.4 is 0 Å². The Labute approximate surface area is 92.1 Å². The molecule has 1 heterocycles. The fourth-order valence-corrected chi connectivity index (χ4v) is 2.68. The van der Waals surface area contributed by atoms with Crippen LogP contribution in [0.15, 0.2) is 0 Å². The van der Waals surface area contributed by atoms with Crippen LogP contribution in [0.4, 0.5) is 0 Å². The molecule has 0 radical (unpaired) electrons. The lowest BCUT2D eigenvalue weighted by molar-refractivity contribution is -0.147. The second-order valence-electron chi connectivity index (χ2n) is 4.27. The van der Waals surface area contributed by atoms with E-state index in [1.54, 1.807) is 0 Å². The molecule has 0 aliphatic carbocycles. The van der Waals surface area contributed by atoms with Crippen molar-refractivity contribution in [2.45, 2.75) is 64.1 Å². The average molecular weight is 214 g/mol. The van der Waals surface area contributed by atoms with Crippen LogP contribution in [0.25, 0.3) is 0 Å². The second kappa shape index (κ2) is 4.52. The lowest BCUT2D eigenvalue weighted by Gasteiger charge is -2.16. The molecule has 3 nitrogen and oxygen atoms in total. The summed E-state index contributed by atoms with van der Waals surface area (Å²) in [6.07, 6.45) is 4.69. The molecule has 0 N–H and O–H groups in total. The van der Waals surface area contributed by atoms with Gasteiger partial charge in [0, 0.05) is 0 Å². The van der Waals surface area contributed by atoms with Crippen LogP contribution >= 0.6 is 0 Å². The van der Waals surface area contributed by atoms with Crippen molar-refractivity contribution in [3.63, 3.8) is 0 Å².